The van der Waals surface area contributed by atoms with Gasteiger partial charge in [-0.1, -0.05) is 36.4 Å². The van der Waals surface area contributed by atoms with Crippen LogP contribution in [0.2, 0.25) is 0 Å². The number of nitrogens with one attached hydrogen (secondary N) is 1. The van der Waals surface area contributed by atoms with Crippen molar-refractivity contribution in [2.24, 2.45) is 5.73 Å². The van der Waals surface area contributed by atoms with E-state index in [0.29, 0.717) is 12.6 Å². The minimum atomic E-state index is 0.612. The summed E-state index contributed by atoms with van der Waals surface area (Å²) in [6.07, 6.45) is 2.41. The van der Waals surface area contributed by atoms with E-state index in [1.165, 1.54) is 40.8 Å². The Bertz CT molecular complexity index is 655. The number of nitrogens with zero attached hydrogens (tertiary/aromatic N) is 1. The fraction of sp³-hybridized carbons (Fsp3) is 0.429. The second kappa shape index (κ2) is 7.82. The van der Waals surface area contributed by atoms with Crippen LogP contribution in [0.3, 0.4) is 0 Å². The molecule has 2 aromatic rings. The topological polar surface area (TPSA) is 41.3 Å². The van der Waals surface area contributed by atoms with Gasteiger partial charge in [0.1, 0.15) is 0 Å². The zero-order chi connectivity index (χ0) is 16.9. The summed E-state index contributed by atoms with van der Waals surface area (Å²) >= 11 is 0. The Kier molecular flexibility index (Phi) is 5.54. The highest BCUT2D eigenvalue weighted by atomic mass is 15.1. The second-order valence-electron chi connectivity index (χ2n) is 6.88. The van der Waals surface area contributed by atoms with Gasteiger partial charge >= 0.3 is 0 Å². The van der Waals surface area contributed by atoms with Gasteiger partial charge in [0.25, 0.3) is 0 Å². The molecular weight excluding hydrogens is 294 g/mol. The zero-order valence-electron chi connectivity index (χ0n) is 14.9. The van der Waals surface area contributed by atoms with Gasteiger partial charge in [0.15, 0.2) is 0 Å². The molecule has 3 N–H and O–H groups in total. The van der Waals surface area contributed by atoms with Gasteiger partial charge in [-0.25, -0.2) is 0 Å². The van der Waals surface area contributed by atoms with Crippen molar-refractivity contribution in [3.8, 4) is 0 Å². The van der Waals surface area contributed by atoms with E-state index in [1.807, 2.05) is 0 Å². The van der Waals surface area contributed by atoms with E-state index in [-0.39, 0.29) is 0 Å². The number of rotatable bonds is 5. The van der Waals surface area contributed by atoms with Crippen LogP contribution in [0.1, 0.15) is 35.1 Å². The molecule has 0 amide bonds. The molecule has 1 saturated heterocycles. The first-order valence-electron chi connectivity index (χ1n) is 9.00. The molecule has 3 nitrogen and oxygen atoms in total. The van der Waals surface area contributed by atoms with E-state index in [0.717, 1.165) is 19.6 Å². The summed E-state index contributed by atoms with van der Waals surface area (Å²) in [5.41, 5.74) is 12.4. The molecule has 3 rings (SSSR count). The molecule has 0 spiro atoms. The smallest absolute Gasteiger partial charge is 0.0398 e. The molecule has 128 valence electrons. The lowest BCUT2D eigenvalue weighted by atomic mass is 10.0. The fourth-order valence-electron chi connectivity index (χ4n) is 3.46. The standard InChI is InChI=1S/C21H29N3/c1-16-4-3-5-21(17(16)2)24-12-10-20(11-13-24)23-15-19-8-6-18(14-22)7-9-19/h3-9,20,23H,10-15,22H2,1-2H3. The Balaban J connectivity index is 1.50. The monoisotopic (exact) mass is 323 g/mol. The van der Waals surface area contributed by atoms with Crippen LogP contribution in [0.4, 0.5) is 5.69 Å². The third-order valence-electron chi connectivity index (χ3n) is 5.27. The van der Waals surface area contributed by atoms with Crippen LogP contribution in [0, 0.1) is 13.8 Å². The van der Waals surface area contributed by atoms with Crippen LogP contribution in [0.5, 0.6) is 0 Å². The lowest BCUT2D eigenvalue weighted by Crippen LogP contribution is -2.42. The molecule has 0 aliphatic carbocycles. The normalized spacial score (nSPS) is 15.7. The highest BCUT2D eigenvalue weighted by Crippen LogP contribution is 2.25. The molecule has 0 atom stereocenters. The Labute approximate surface area is 145 Å². The maximum absolute atomic E-state index is 5.65. The first kappa shape index (κ1) is 17.0. The van der Waals surface area contributed by atoms with Crippen molar-refractivity contribution in [3.05, 3.63) is 64.7 Å². The molecule has 0 aromatic heterocycles. The Morgan fingerprint density at radius 1 is 1.00 bits per heavy atom. The second-order valence-corrected chi connectivity index (χ2v) is 6.88. The molecule has 0 saturated carbocycles. The van der Waals surface area contributed by atoms with Gasteiger partial charge in [0, 0.05) is 37.9 Å². The SMILES string of the molecule is Cc1cccc(N2CCC(NCc3ccc(CN)cc3)CC2)c1C. The first-order valence-corrected chi connectivity index (χ1v) is 9.00. The number of benzene rings is 2. The lowest BCUT2D eigenvalue weighted by Gasteiger charge is -2.35. The van der Waals surface area contributed by atoms with Gasteiger partial charge in [-0.2, -0.15) is 0 Å². The number of piperidine rings is 1. The maximum atomic E-state index is 5.65. The number of nitrogens with two attached hydrogens (primary N) is 1. The van der Waals surface area contributed by atoms with Crippen LogP contribution in [0.25, 0.3) is 0 Å². The van der Waals surface area contributed by atoms with Gasteiger partial charge in [-0.15, -0.1) is 0 Å². The van der Waals surface area contributed by atoms with Crippen molar-refractivity contribution in [1.82, 2.24) is 5.32 Å². The van der Waals surface area contributed by atoms with Crippen molar-refractivity contribution in [2.45, 2.75) is 45.8 Å². The Morgan fingerprint density at radius 2 is 1.67 bits per heavy atom. The number of hydrogen-bond acceptors (Lipinski definition) is 3. The molecule has 0 bridgehead atoms. The van der Waals surface area contributed by atoms with E-state index in [1.54, 1.807) is 0 Å². The van der Waals surface area contributed by atoms with E-state index in [2.05, 4.69) is 66.5 Å². The largest absolute Gasteiger partial charge is 0.371 e. The molecule has 1 heterocycles. The van der Waals surface area contributed by atoms with Crippen LogP contribution in [0.15, 0.2) is 42.5 Å². The molecular formula is C21H29N3. The number of hydrogen-bond donors (Lipinski definition) is 2. The quantitative estimate of drug-likeness (QED) is 0.884. The van der Waals surface area contributed by atoms with E-state index in [4.69, 9.17) is 5.73 Å². The molecule has 0 radical (unpaired) electrons. The van der Waals surface area contributed by atoms with E-state index < -0.39 is 0 Å². The minimum Gasteiger partial charge on any atom is -0.371 e. The summed E-state index contributed by atoms with van der Waals surface area (Å²) < 4.78 is 0. The van der Waals surface area contributed by atoms with Crippen LogP contribution < -0.4 is 16.0 Å². The predicted octanol–water partition coefficient (Wildman–Crippen LogP) is 3.52. The first-order chi connectivity index (χ1) is 11.7. The van der Waals surface area contributed by atoms with Crippen LogP contribution in [-0.2, 0) is 13.1 Å². The van der Waals surface area contributed by atoms with E-state index >= 15 is 0 Å². The number of aryl methyl sites for hydroxylation is 1. The summed E-state index contributed by atoms with van der Waals surface area (Å²) in [5, 5.41) is 3.72. The molecule has 2 aromatic carbocycles. The van der Waals surface area contributed by atoms with Crippen molar-refractivity contribution in [3.63, 3.8) is 0 Å². The molecule has 0 unspecified atom stereocenters. The highest BCUT2D eigenvalue weighted by Gasteiger charge is 2.20. The molecule has 3 heteroatoms. The summed E-state index contributed by atoms with van der Waals surface area (Å²) in [6.45, 7) is 8.26. The van der Waals surface area contributed by atoms with Crippen molar-refractivity contribution < 1.29 is 0 Å². The third-order valence-corrected chi connectivity index (χ3v) is 5.27. The van der Waals surface area contributed by atoms with Gasteiger partial charge in [-0.3, -0.25) is 0 Å². The summed E-state index contributed by atoms with van der Waals surface area (Å²) in [7, 11) is 0. The van der Waals surface area contributed by atoms with Gasteiger partial charge in [0.05, 0.1) is 0 Å². The Hall–Kier alpha value is -1.84. The number of anilines is 1. The predicted molar refractivity (Wildman–Crippen MR) is 102 cm³/mol. The van der Waals surface area contributed by atoms with E-state index in [9.17, 15) is 0 Å². The average Bonchev–Trinajstić information content (AvgIpc) is 2.63. The van der Waals surface area contributed by atoms with Gasteiger partial charge in [0.2, 0.25) is 0 Å². The molecule has 24 heavy (non-hydrogen) atoms. The molecule has 1 fully saturated rings. The fourth-order valence-corrected chi connectivity index (χ4v) is 3.46. The summed E-state index contributed by atoms with van der Waals surface area (Å²) in [5.74, 6) is 0. The Morgan fingerprint density at radius 3 is 2.33 bits per heavy atom. The van der Waals surface area contributed by atoms with Crippen LogP contribution in [-0.4, -0.2) is 19.1 Å². The molecule has 1 aliphatic heterocycles. The highest BCUT2D eigenvalue weighted by molar-refractivity contribution is 5.56. The third kappa shape index (κ3) is 3.97. The average molecular weight is 323 g/mol. The van der Waals surface area contributed by atoms with Gasteiger partial charge in [-0.05, 0) is 55.0 Å². The summed E-state index contributed by atoms with van der Waals surface area (Å²) in [4.78, 5) is 2.54. The maximum Gasteiger partial charge on any atom is 0.0398 e. The zero-order valence-corrected chi connectivity index (χ0v) is 14.9. The van der Waals surface area contributed by atoms with Crippen molar-refractivity contribution in [1.29, 1.82) is 0 Å². The minimum absolute atomic E-state index is 0.612. The van der Waals surface area contributed by atoms with Crippen molar-refractivity contribution in [2.75, 3.05) is 18.0 Å². The van der Waals surface area contributed by atoms with Gasteiger partial charge < -0.3 is 16.0 Å². The van der Waals surface area contributed by atoms with Crippen molar-refractivity contribution >= 4 is 5.69 Å². The van der Waals surface area contributed by atoms with Crippen LogP contribution >= 0.6 is 0 Å². The molecule has 1 aliphatic rings. The lowest BCUT2D eigenvalue weighted by molar-refractivity contribution is 0.414. The summed E-state index contributed by atoms with van der Waals surface area (Å²) in [6, 6.07) is 15.9.